The van der Waals surface area contributed by atoms with Gasteiger partial charge in [-0.3, -0.25) is 4.79 Å². The molecule has 0 radical (unpaired) electrons. The molecule has 1 heterocycles. The predicted octanol–water partition coefficient (Wildman–Crippen LogP) is 4.06. The first kappa shape index (κ1) is 14.5. The summed E-state index contributed by atoms with van der Waals surface area (Å²) >= 11 is 3.37. The largest absolute Gasteiger partial charge is 0.334 e. The third kappa shape index (κ3) is 3.23. The molecule has 1 amide bonds. The molecule has 110 valence electrons. The van der Waals surface area contributed by atoms with Gasteiger partial charge in [0.2, 0.25) is 0 Å². The fourth-order valence-electron chi connectivity index (χ4n) is 1.95. The van der Waals surface area contributed by atoms with Gasteiger partial charge in [0.1, 0.15) is 0 Å². The summed E-state index contributed by atoms with van der Waals surface area (Å²) in [5.74, 6) is 0.842. The van der Waals surface area contributed by atoms with Crippen molar-refractivity contribution in [3.05, 3.63) is 64.4 Å². The zero-order valence-corrected chi connectivity index (χ0v) is 13.3. The van der Waals surface area contributed by atoms with Gasteiger partial charge in [0.15, 0.2) is 5.82 Å². The Morgan fingerprint density at radius 1 is 1.18 bits per heavy atom. The van der Waals surface area contributed by atoms with E-state index in [9.17, 15) is 4.79 Å². The number of aryl methyl sites for hydroxylation is 1. The highest BCUT2D eigenvalue weighted by Gasteiger charge is 2.09. The molecule has 1 aromatic heterocycles. The Hall–Kier alpha value is -2.47. The second kappa shape index (κ2) is 6.11. The Balaban J connectivity index is 1.76. The van der Waals surface area contributed by atoms with Crippen molar-refractivity contribution in [2.24, 2.45) is 0 Å². The number of halogens is 1. The number of amides is 1. The van der Waals surface area contributed by atoms with Crippen molar-refractivity contribution in [3.63, 3.8) is 0 Å². The highest BCUT2D eigenvalue weighted by Crippen LogP contribution is 2.19. The monoisotopic (exact) mass is 357 g/mol. The molecule has 1 N–H and O–H groups in total. The molecular formula is C16H12BrN3O2. The Morgan fingerprint density at radius 2 is 1.95 bits per heavy atom. The van der Waals surface area contributed by atoms with Gasteiger partial charge in [0, 0.05) is 21.3 Å². The summed E-state index contributed by atoms with van der Waals surface area (Å²) in [6.07, 6.45) is 0. The lowest BCUT2D eigenvalue weighted by Gasteiger charge is -2.06. The van der Waals surface area contributed by atoms with Crippen LogP contribution < -0.4 is 5.32 Å². The van der Waals surface area contributed by atoms with Crippen LogP contribution in [0.5, 0.6) is 0 Å². The van der Waals surface area contributed by atoms with E-state index in [1.54, 1.807) is 31.2 Å². The molecular weight excluding hydrogens is 346 g/mol. The number of carbonyl (C=O) groups excluding carboxylic acids is 1. The molecule has 0 aliphatic rings. The topological polar surface area (TPSA) is 68.0 Å². The lowest BCUT2D eigenvalue weighted by Crippen LogP contribution is -2.11. The van der Waals surface area contributed by atoms with Gasteiger partial charge in [-0.05, 0) is 49.4 Å². The Kier molecular flexibility index (Phi) is 4.02. The molecule has 5 nitrogen and oxygen atoms in total. The summed E-state index contributed by atoms with van der Waals surface area (Å²) in [7, 11) is 0. The second-order valence-electron chi connectivity index (χ2n) is 4.69. The number of anilines is 1. The van der Waals surface area contributed by atoms with Gasteiger partial charge in [-0.2, -0.15) is 4.98 Å². The quantitative estimate of drug-likeness (QED) is 0.767. The number of nitrogens with one attached hydrogen (secondary N) is 1. The van der Waals surface area contributed by atoms with Crippen molar-refractivity contribution in [2.45, 2.75) is 6.92 Å². The maximum absolute atomic E-state index is 12.2. The summed E-state index contributed by atoms with van der Waals surface area (Å²) in [5, 5.41) is 6.59. The number of benzene rings is 2. The molecule has 0 saturated heterocycles. The molecule has 0 saturated carbocycles. The van der Waals surface area contributed by atoms with E-state index < -0.39 is 0 Å². The molecule has 0 atom stereocenters. The molecule has 2 aromatic carbocycles. The Labute approximate surface area is 135 Å². The summed E-state index contributed by atoms with van der Waals surface area (Å²) < 4.78 is 6.00. The molecule has 0 aliphatic carbocycles. The van der Waals surface area contributed by atoms with Gasteiger partial charge in [0.05, 0.1) is 0 Å². The van der Waals surface area contributed by atoms with Crippen LogP contribution in [0.4, 0.5) is 5.69 Å². The summed E-state index contributed by atoms with van der Waals surface area (Å²) in [5.41, 5.74) is 2.07. The van der Waals surface area contributed by atoms with Crippen LogP contribution in [0, 0.1) is 6.92 Å². The van der Waals surface area contributed by atoms with E-state index in [0.29, 0.717) is 17.3 Å². The number of rotatable bonds is 3. The van der Waals surface area contributed by atoms with Crippen molar-refractivity contribution in [1.29, 1.82) is 0 Å². The standard InChI is InChI=1S/C16H12BrN3O2/c1-10-18-16(22-20-10)12-7-5-11(6-8-12)15(21)19-14-4-2-3-13(17)9-14/h2-9H,1H3,(H,19,21). The zero-order chi connectivity index (χ0) is 15.5. The maximum atomic E-state index is 12.2. The lowest BCUT2D eigenvalue weighted by molar-refractivity contribution is 0.102. The summed E-state index contributed by atoms with van der Waals surface area (Å²) in [4.78, 5) is 16.3. The lowest BCUT2D eigenvalue weighted by atomic mass is 10.1. The van der Waals surface area contributed by atoms with E-state index in [2.05, 4.69) is 31.4 Å². The normalized spacial score (nSPS) is 10.5. The number of hydrogen-bond donors (Lipinski definition) is 1. The van der Waals surface area contributed by atoms with E-state index in [0.717, 1.165) is 15.7 Å². The van der Waals surface area contributed by atoms with Crippen molar-refractivity contribution in [2.75, 3.05) is 5.32 Å². The minimum atomic E-state index is -0.175. The van der Waals surface area contributed by atoms with Crippen LogP contribution >= 0.6 is 15.9 Å². The molecule has 0 bridgehead atoms. The summed E-state index contributed by atoms with van der Waals surface area (Å²) in [6.45, 7) is 1.76. The van der Waals surface area contributed by atoms with Crippen LogP contribution in [0.3, 0.4) is 0 Å². The van der Waals surface area contributed by atoms with Gasteiger partial charge in [0.25, 0.3) is 11.8 Å². The van der Waals surface area contributed by atoms with Crippen molar-refractivity contribution in [1.82, 2.24) is 10.1 Å². The number of nitrogens with zero attached hydrogens (tertiary/aromatic N) is 2. The maximum Gasteiger partial charge on any atom is 0.257 e. The first-order valence-corrected chi connectivity index (χ1v) is 7.39. The average molecular weight is 358 g/mol. The number of hydrogen-bond acceptors (Lipinski definition) is 4. The van der Waals surface area contributed by atoms with Crippen LogP contribution in [0.1, 0.15) is 16.2 Å². The molecule has 22 heavy (non-hydrogen) atoms. The fraction of sp³-hybridized carbons (Fsp3) is 0.0625. The van der Waals surface area contributed by atoms with Crippen LogP contribution in [-0.4, -0.2) is 16.0 Å². The van der Waals surface area contributed by atoms with Crippen molar-refractivity contribution in [3.8, 4) is 11.5 Å². The minimum absolute atomic E-state index is 0.175. The molecule has 0 unspecified atom stereocenters. The van der Waals surface area contributed by atoms with E-state index in [1.807, 2.05) is 24.3 Å². The third-order valence-electron chi connectivity index (χ3n) is 3.00. The van der Waals surface area contributed by atoms with E-state index >= 15 is 0 Å². The third-order valence-corrected chi connectivity index (χ3v) is 3.50. The minimum Gasteiger partial charge on any atom is -0.334 e. The number of carbonyl (C=O) groups is 1. The first-order chi connectivity index (χ1) is 10.6. The fourth-order valence-corrected chi connectivity index (χ4v) is 2.35. The number of aromatic nitrogens is 2. The Morgan fingerprint density at radius 3 is 2.59 bits per heavy atom. The van der Waals surface area contributed by atoms with Crippen molar-refractivity contribution < 1.29 is 9.32 Å². The highest BCUT2D eigenvalue weighted by molar-refractivity contribution is 9.10. The van der Waals surface area contributed by atoms with Crippen LogP contribution in [0.15, 0.2) is 57.5 Å². The van der Waals surface area contributed by atoms with E-state index in [-0.39, 0.29) is 5.91 Å². The molecule has 0 spiro atoms. The first-order valence-electron chi connectivity index (χ1n) is 6.59. The molecule has 6 heteroatoms. The van der Waals surface area contributed by atoms with Gasteiger partial charge in [-0.1, -0.05) is 27.2 Å². The SMILES string of the molecule is Cc1noc(-c2ccc(C(=O)Nc3cccc(Br)c3)cc2)n1. The van der Waals surface area contributed by atoms with Crippen LogP contribution in [0.2, 0.25) is 0 Å². The zero-order valence-electron chi connectivity index (χ0n) is 11.7. The van der Waals surface area contributed by atoms with Crippen LogP contribution in [0.25, 0.3) is 11.5 Å². The molecule has 3 rings (SSSR count). The van der Waals surface area contributed by atoms with E-state index in [1.165, 1.54) is 0 Å². The average Bonchev–Trinajstić information content (AvgIpc) is 2.94. The Bertz CT molecular complexity index is 812. The van der Waals surface area contributed by atoms with Gasteiger partial charge >= 0.3 is 0 Å². The van der Waals surface area contributed by atoms with Gasteiger partial charge in [-0.25, -0.2) is 0 Å². The van der Waals surface area contributed by atoms with Gasteiger partial charge in [-0.15, -0.1) is 0 Å². The van der Waals surface area contributed by atoms with Crippen LogP contribution in [-0.2, 0) is 0 Å². The smallest absolute Gasteiger partial charge is 0.257 e. The second-order valence-corrected chi connectivity index (χ2v) is 5.60. The van der Waals surface area contributed by atoms with E-state index in [4.69, 9.17) is 4.52 Å². The molecule has 0 fully saturated rings. The summed E-state index contributed by atoms with van der Waals surface area (Å²) in [6, 6.07) is 14.4. The molecule has 3 aromatic rings. The molecule has 0 aliphatic heterocycles. The van der Waals surface area contributed by atoms with Gasteiger partial charge < -0.3 is 9.84 Å². The highest BCUT2D eigenvalue weighted by atomic mass is 79.9. The predicted molar refractivity (Wildman–Crippen MR) is 86.6 cm³/mol. The van der Waals surface area contributed by atoms with Crippen molar-refractivity contribution >= 4 is 27.5 Å².